The van der Waals surface area contributed by atoms with Gasteiger partial charge in [-0.2, -0.15) is 0 Å². The Hall–Kier alpha value is -0.900. The van der Waals surface area contributed by atoms with Crippen LogP contribution in [-0.2, 0) is 9.59 Å². The van der Waals surface area contributed by atoms with Gasteiger partial charge in [-0.15, -0.1) is 0 Å². The minimum absolute atomic E-state index is 0.0788. The molecule has 0 heterocycles. The Kier molecular flexibility index (Phi) is 17.4. The molecule has 0 rings (SSSR count). The van der Waals surface area contributed by atoms with E-state index < -0.39 is 0 Å². The summed E-state index contributed by atoms with van der Waals surface area (Å²) in [4.78, 5) is 22.2. The Morgan fingerprint density at radius 3 is 2.22 bits per heavy atom. The van der Waals surface area contributed by atoms with Gasteiger partial charge in [0, 0.05) is 25.8 Å². The van der Waals surface area contributed by atoms with Crippen molar-refractivity contribution < 1.29 is 9.59 Å². The van der Waals surface area contributed by atoms with Crippen molar-refractivity contribution >= 4 is 11.7 Å². The molecule has 0 atom stereocenters. The van der Waals surface area contributed by atoms with Crippen LogP contribution in [-0.4, -0.2) is 24.8 Å². The number of carbonyl (C=O) groups excluding carboxylic acids is 2. The van der Waals surface area contributed by atoms with Gasteiger partial charge in [0.05, 0.1) is 0 Å². The van der Waals surface area contributed by atoms with Crippen molar-refractivity contribution in [1.82, 2.24) is 5.32 Å². The molecular formula is C14H30N2O2. The summed E-state index contributed by atoms with van der Waals surface area (Å²) in [5, 5.41) is 2.84. The second-order valence-corrected chi connectivity index (χ2v) is 3.95. The van der Waals surface area contributed by atoms with Crippen LogP contribution in [0.2, 0.25) is 0 Å². The van der Waals surface area contributed by atoms with Crippen molar-refractivity contribution in [2.75, 3.05) is 13.1 Å². The van der Waals surface area contributed by atoms with E-state index >= 15 is 0 Å². The van der Waals surface area contributed by atoms with Crippen LogP contribution in [0.3, 0.4) is 0 Å². The van der Waals surface area contributed by atoms with E-state index in [9.17, 15) is 9.59 Å². The van der Waals surface area contributed by atoms with E-state index in [1.807, 2.05) is 20.8 Å². The number of unbranched alkanes of at least 4 members (excludes halogenated alkanes) is 2. The predicted octanol–water partition coefficient (Wildman–Crippen LogP) is 2.41. The molecule has 0 aliphatic heterocycles. The lowest BCUT2D eigenvalue weighted by atomic mass is 10.1. The van der Waals surface area contributed by atoms with Crippen molar-refractivity contribution in [3.8, 4) is 0 Å². The van der Waals surface area contributed by atoms with Gasteiger partial charge >= 0.3 is 0 Å². The van der Waals surface area contributed by atoms with Crippen molar-refractivity contribution in [3.05, 3.63) is 0 Å². The minimum atomic E-state index is 0.0788. The zero-order chi connectivity index (χ0) is 14.2. The number of Topliss-reactive ketones (excluding diaryl/α,β-unsaturated/α-hetero) is 1. The molecule has 0 radical (unpaired) electrons. The second-order valence-electron chi connectivity index (χ2n) is 3.95. The van der Waals surface area contributed by atoms with Crippen LogP contribution < -0.4 is 11.1 Å². The highest BCUT2D eigenvalue weighted by molar-refractivity contribution is 5.77. The third-order valence-electron chi connectivity index (χ3n) is 2.46. The molecule has 0 aromatic rings. The highest BCUT2D eigenvalue weighted by atomic mass is 16.1. The normalized spacial score (nSPS) is 9.33. The number of nitrogens with one attached hydrogen (secondary N) is 1. The van der Waals surface area contributed by atoms with Gasteiger partial charge in [0.2, 0.25) is 5.91 Å². The number of carbonyl (C=O) groups is 2. The molecule has 0 aromatic carbocycles. The van der Waals surface area contributed by atoms with Gasteiger partial charge in [-0.05, 0) is 25.8 Å². The first-order chi connectivity index (χ1) is 8.70. The number of nitrogens with two attached hydrogens (primary N) is 1. The molecule has 0 saturated carbocycles. The van der Waals surface area contributed by atoms with Crippen molar-refractivity contribution in [1.29, 1.82) is 0 Å². The smallest absolute Gasteiger partial charge is 0.220 e. The van der Waals surface area contributed by atoms with E-state index in [4.69, 9.17) is 5.73 Å². The van der Waals surface area contributed by atoms with Gasteiger partial charge < -0.3 is 11.1 Å². The van der Waals surface area contributed by atoms with Crippen LogP contribution in [0.4, 0.5) is 0 Å². The molecule has 0 bridgehead atoms. The Balaban J connectivity index is 0. The molecule has 4 nitrogen and oxygen atoms in total. The predicted molar refractivity (Wildman–Crippen MR) is 76.4 cm³/mol. The van der Waals surface area contributed by atoms with Gasteiger partial charge in [0.1, 0.15) is 5.78 Å². The number of hydrogen-bond donors (Lipinski definition) is 2. The van der Waals surface area contributed by atoms with Gasteiger partial charge in [-0.1, -0.05) is 27.2 Å². The SMILES string of the molecule is CC.CCC(=O)CCCCCNC(=O)CCCN. The van der Waals surface area contributed by atoms with Gasteiger partial charge in [-0.25, -0.2) is 0 Å². The summed E-state index contributed by atoms with van der Waals surface area (Å²) < 4.78 is 0. The van der Waals surface area contributed by atoms with E-state index in [1.165, 1.54) is 0 Å². The molecule has 0 spiro atoms. The molecule has 0 aliphatic rings. The fraction of sp³-hybridized carbons (Fsp3) is 0.857. The number of amides is 1. The summed E-state index contributed by atoms with van der Waals surface area (Å²) >= 11 is 0. The largest absolute Gasteiger partial charge is 0.356 e. The van der Waals surface area contributed by atoms with Crippen molar-refractivity contribution in [2.45, 2.75) is 65.7 Å². The number of hydrogen-bond acceptors (Lipinski definition) is 3. The first kappa shape index (κ1) is 19.4. The Bertz CT molecular complexity index is 206. The molecule has 108 valence electrons. The molecular weight excluding hydrogens is 228 g/mol. The topological polar surface area (TPSA) is 72.2 Å². The van der Waals surface area contributed by atoms with E-state index in [0.717, 1.165) is 25.7 Å². The van der Waals surface area contributed by atoms with Gasteiger partial charge in [-0.3, -0.25) is 9.59 Å². The summed E-state index contributed by atoms with van der Waals surface area (Å²) in [6, 6.07) is 0. The molecule has 0 unspecified atom stereocenters. The van der Waals surface area contributed by atoms with Crippen molar-refractivity contribution in [2.24, 2.45) is 5.73 Å². The maximum absolute atomic E-state index is 11.2. The first-order valence-electron chi connectivity index (χ1n) is 7.19. The van der Waals surface area contributed by atoms with Crippen molar-refractivity contribution in [3.63, 3.8) is 0 Å². The average Bonchev–Trinajstić information content (AvgIpc) is 2.42. The lowest BCUT2D eigenvalue weighted by Gasteiger charge is -2.04. The Morgan fingerprint density at radius 1 is 1.00 bits per heavy atom. The van der Waals surface area contributed by atoms with E-state index in [0.29, 0.717) is 38.1 Å². The van der Waals surface area contributed by atoms with E-state index in [2.05, 4.69) is 5.32 Å². The third kappa shape index (κ3) is 15.1. The zero-order valence-electron chi connectivity index (χ0n) is 12.3. The second kappa shape index (κ2) is 16.1. The quantitative estimate of drug-likeness (QED) is 0.591. The van der Waals surface area contributed by atoms with Gasteiger partial charge in [0.25, 0.3) is 0 Å². The highest BCUT2D eigenvalue weighted by Crippen LogP contribution is 2.01. The zero-order valence-corrected chi connectivity index (χ0v) is 12.3. The lowest BCUT2D eigenvalue weighted by Crippen LogP contribution is -2.24. The Morgan fingerprint density at radius 2 is 1.67 bits per heavy atom. The summed E-state index contributed by atoms with van der Waals surface area (Å²) in [7, 11) is 0. The fourth-order valence-electron chi connectivity index (χ4n) is 1.38. The summed E-state index contributed by atoms with van der Waals surface area (Å²) in [6.07, 6.45) is 5.47. The Labute approximate surface area is 112 Å². The highest BCUT2D eigenvalue weighted by Gasteiger charge is 2.00. The molecule has 4 heteroatoms. The monoisotopic (exact) mass is 258 g/mol. The fourth-order valence-corrected chi connectivity index (χ4v) is 1.38. The van der Waals surface area contributed by atoms with Crippen LogP contribution in [0.1, 0.15) is 65.7 Å². The maximum Gasteiger partial charge on any atom is 0.220 e. The molecule has 0 saturated heterocycles. The summed E-state index contributed by atoms with van der Waals surface area (Å²) in [5.41, 5.74) is 5.30. The lowest BCUT2D eigenvalue weighted by molar-refractivity contribution is -0.121. The molecule has 0 aliphatic carbocycles. The number of rotatable bonds is 10. The first-order valence-corrected chi connectivity index (χ1v) is 7.19. The molecule has 0 aromatic heterocycles. The summed E-state index contributed by atoms with van der Waals surface area (Å²) in [5.74, 6) is 0.405. The van der Waals surface area contributed by atoms with E-state index in [1.54, 1.807) is 0 Å². The van der Waals surface area contributed by atoms with Crippen LogP contribution in [0.15, 0.2) is 0 Å². The average molecular weight is 258 g/mol. The van der Waals surface area contributed by atoms with Crippen LogP contribution in [0.25, 0.3) is 0 Å². The minimum Gasteiger partial charge on any atom is -0.356 e. The van der Waals surface area contributed by atoms with Crippen LogP contribution in [0, 0.1) is 0 Å². The standard InChI is InChI=1S/C12H24N2O2.C2H6/c1-2-11(15)7-4-3-5-10-14-12(16)8-6-9-13;1-2/h2-10,13H2,1H3,(H,14,16);1-2H3. The van der Waals surface area contributed by atoms with Gasteiger partial charge in [0.15, 0.2) is 0 Å². The molecule has 3 N–H and O–H groups in total. The molecule has 0 fully saturated rings. The van der Waals surface area contributed by atoms with E-state index in [-0.39, 0.29) is 5.91 Å². The molecule has 1 amide bonds. The van der Waals surface area contributed by atoms with Crippen LogP contribution >= 0.6 is 0 Å². The summed E-state index contributed by atoms with van der Waals surface area (Å²) in [6.45, 7) is 7.16. The third-order valence-corrected chi connectivity index (χ3v) is 2.46. The number of ketones is 1. The maximum atomic E-state index is 11.2. The van der Waals surface area contributed by atoms with Crippen LogP contribution in [0.5, 0.6) is 0 Å². The molecule has 18 heavy (non-hydrogen) atoms.